The normalized spacial score (nSPS) is 11.1. The van der Waals surface area contributed by atoms with Crippen molar-refractivity contribution < 1.29 is 4.79 Å². The number of rotatable bonds is 5. The van der Waals surface area contributed by atoms with Crippen molar-refractivity contribution in [3.8, 4) is 5.69 Å². The number of hydrogen-bond donors (Lipinski definition) is 0. The van der Waals surface area contributed by atoms with E-state index in [1.54, 1.807) is 6.33 Å². The largest absolute Gasteiger partial charge is 0.318 e. The molecule has 5 nitrogen and oxygen atoms in total. The van der Waals surface area contributed by atoms with Crippen LogP contribution in [0.5, 0.6) is 0 Å². The minimum absolute atomic E-state index is 0.108. The van der Waals surface area contributed by atoms with Crippen LogP contribution in [0.1, 0.15) is 32.9 Å². The molecule has 1 aromatic carbocycles. The van der Waals surface area contributed by atoms with Crippen molar-refractivity contribution in [2.24, 2.45) is 7.05 Å². The molecule has 0 fully saturated rings. The molecule has 0 saturated carbocycles. The number of hydrogen-bond acceptors (Lipinski definition) is 4. The van der Waals surface area contributed by atoms with E-state index < -0.39 is 0 Å². The van der Waals surface area contributed by atoms with Crippen molar-refractivity contribution in [1.82, 2.24) is 19.3 Å². The molecule has 2 aromatic heterocycles. The third-order valence-corrected chi connectivity index (χ3v) is 5.23. The predicted molar refractivity (Wildman–Crippen MR) is 101 cm³/mol. The molecule has 0 unspecified atom stereocenters. The zero-order chi connectivity index (χ0) is 18.1. The molecule has 3 rings (SSSR count). The zero-order valence-electron chi connectivity index (χ0n) is 15.2. The first-order valence-corrected chi connectivity index (χ1v) is 9.13. The van der Waals surface area contributed by atoms with Crippen LogP contribution in [-0.2, 0) is 7.05 Å². The number of carbonyl (C=O) groups is 1. The fourth-order valence-corrected chi connectivity index (χ4v) is 3.90. The molecule has 0 aliphatic rings. The Kier molecular flexibility index (Phi) is 4.81. The summed E-state index contributed by atoms with van der Waals surface area (Å²) >= 11 is 1.41. The van der Waals surface area contributed by atoms with Gasteiger partial charge in [-0.3, -0.25) is 4.79 Å². The number of carbonyl (C=O) groups excluding carboxylic acids is 1. The third-order valence-electron chi connectivity index (χ3n) is 4.20. The van der Waals surface area contributed by atoms with Crippen LogP contribution in [0.25, 0.3) is 5.69 Å². The van der Waals surface area contributed by atoms with Crippen LogP contribution in [0.15, 0.2) is 35.7 Å². The maximum absolute atomic E-state index is 12.7. The van der Waals surface area contributed by atoms with Crippen LogP contribution in [0.2, 0.25) is 0 Å². The Bertz CT molecular complexity index is 919. The van der Waals surface area contributed by atoms with Gasteiger partial charge in [-0.2, -0.15) is 0 Å². The van der Waals surface area contributed by atoms with E-state index in [2.05, 4.69) is 46.8 Å². The number of thioether (sulfide) groups is 1. The number of Topliss-reactive ketones (excluding diaryl/α,β-unsaturated/α-hetero) is 1. The lowest BCUT2D eigenvalue weighted by Gasteiger charge is -2.12. The van der Waals surface area contributed by atoms with E-state index in [-0.39, 0.29) is 5.78 Å². The van der Waals surface area contributed by atoms with E-state index in [4.69, 9.17) is 0 Å². The molecule has 0 aliphatic carbocycles. The van der Waals surface area contributed by atoms with Gasteiger partial charge in [0.25, 0.3) is 0 Å². The summed E-state index contributed by atoms with van der Waals surface area (Å²) in [5, 5.41) is 8.60. The Morgan fingerprint density at radius 3 is 2.36 bits per heavy atom. The first-order valence-electron chi connectivity index (χ1n) is 8.14. The topological polar surface area (TPSA) is 52.7 Å². The maximum atomic E-state index is 12.7. The highest BCUT2D eigenvalue weighted by Crippen LogP contribution is 2.24. The maximum Gasteiger partial charge on any atom is 0.191 e. The minimum atomic E-state index is 0.108. The first kappa shape index (κ1) is 17.5. The number of aryl methyl sites for hydroxylation is 4. The summed E-state index contributed by atoms with van der Waals surface area (Å²) < 4.78 is 3.97. The Morgan fingerprint density at radius 1 is 1.08 bits per heavy atom. The summed E-state index contributed by atoms with van der Waals surface area (Å²) in [5.74, 6) is 0.459. The summed E-state index contributed by atoms with van der Waals surface area (Å²) in [4.78, 5) is 12.7. The summed E-state index contributed by atoms with van der Waals surface area (Å²) in [7, 11) is 1.87. The Hall–Kier alpha value is -2.34. The number of benzene rings is 1. The molecular weight excluding hydrogens is 332 g/mol. The highest BCUT2D eigenvalue weighted by Gasteiger charge is 2.18. The van der Waals surface area contributed by atoms with Crippen molar-refractivity contribution in [2.45, 2.75) is 32.9 Å². The van der Waals surface area contributed by atoms with E-state index in [1.165, 1.54) is 22.9 Å². The zero-order valence-corrected chi connectivity index (χ0v) is 16.0. The molecule has 3 aromatic rings. The van der Waals surface area contributed by atoms with Gasteiger partial charge in [-0.1, -0.05) is 17.8 Å². The van der Waals surface area contributed by atoms with E-state index in [0.717, 1.165) is 27.8 Å². The standard InChI is InChI=1S/C19H22N4OS/c1-12-6-13(2)8-16(7-12)23-14(3)9-17(15(23)4)18(24)10-25-19-21-20-11-22(19)5/h6-9,11H,10H2,1-5H3. The van der Waals surface area contributed by atoms with Crippen molar-refractivity contribution in [1.29, 1.82) is 0 Å². The second kappa shape index (κ2) is 6.88. The smallest absolute Gasteiger partial charge is 0.191 e. The average molecular weight is 354 g/mol. The molecule has 0 N–H and O–H groups in total. The Morgan fingerprint density at radius 2 is 1.76 bits per heavy atom. The number of aromatic nitrogens is 4. The first-order chi connectivity index (χ1) is 11.9. The summed E-state index contributed by atoms with van der Waals surface area (Å²) in [6.07, 6.45) is 1.64. The highest BCUT2D eigenvalue weighted by atomic mass is 32.2. The van der Waals surface area contributed by atoms with Crippen LogP contribution >= 0.6 is 11.8 Å². The Labute approximate surface area is 152 Å². The molecule has 0 aliphatic heterocycles. The Balaban J connectivity index is 1.88. The molecule has 0 bridgehead atoms. The highest BCUT2D eigenvalue weighted by molar-refractivity contribution is 7.99. The molecule has 0 amide bonds. The van der Waals surface area contributed by atoms with Crippen LogP contribution < -0.4 is 0 Å². The van der Waals surface area contributed by atoms with Crippen LogP contribution in [0, 0.1) is 27.7 Å². The lowest BCUT2D eigenvalue weighted by Crippen LogP contribution is -2.06. The second-order valence-corrected chi connectivity index (χ2v) is 7.34. The lowest BCUT2D eigenvalue weighted by molar-refractivity contribution is 0.102. The van der Waals surface area contributed by atoms with Crippen molar-refractivity contribution in [2.75, 3.05) is 5.75 Å². The van der Waals surface area contributed by atoms with Gasteiger partial charge in [0.1, 0.15) is 6.33 Å². The molecule has 0 saturated heterocycles. The van der Waals surface area contributed by atoms with Gasteiger partial charge in [0.15, 0.2) is 10.9 Å². The summed E-state index contributed by atoms with van der Waals surface area (Å²) in [6, 6.07) is 8.43. The van der Waals surface area contributed by atoms with Crippen molar-refractivity contribution in [3.63, 3.8) is 0 Å². The fourth-order valence-electron chi connectivity index (χ4n) is 3.13. The van der Waals surface area contributed by atoms with Gasteiger partial charge >= 0.3 is 0 Å². The molecule has 0 atom stereocenters. The van der Waals surface area contributed by atoms with Gasteiger partial charge in [0.2, 0.25) is 0 Å². The van der Waals surface area contributed by atoms with Crippen LogP contribution in [0.3, 0.4) is 0 Å². The number of ketones is 1. The van der Waals surface area contributed by atoms with Crippen molar-refractivity contribution in [3.05, 3.63) is 58.7 Å². The van der Waals surface area contributed by atoms with Crippen LogP contribution in [-0.4, -0.2) is 30.9 Å². The van der Waals surface area contributed by atoms with E-state index in [0.29, 0.717) is 5.75 Å². The molecule has 6 heteroatoms. The third kappa shape index (κ3) is 3.54. The molecule has 25 heavy (non-hydrogen) atoms. The summed E-state index contributed by atoms with van der Waals surface area (Å²) in [6.45, 7) is 8.23. The van der Waals surface area contributed by atoms with Crippen molar-refractivity contribution >= 4 is 17.5 Å². The van der Waals surface area contributed by atoms with Gasteiger partial charge in [0, 0.05) is 29.7 Å². The fraction of sp³-hybridized carbons (Fsp3) is 0.316. The van der Waals surface area contributed by atoms with E-state index in [1.807, 2.05) is 31.5 Å². The predicted octanol–water partition coefficient (Wildman–Crippen LogP) is 3.81. The second-order valence-electron chi connectivity index (χ2n) is 6.40. The molecular formula is C19H22N4OS. The molecule has 0 radical (unpaired) electrons. The monoisotopic (exact) mass is 354 g/mol. The van der Waals surface area contributed by atoms with Gasteiger partial charge in [-0.15, -0.1) is 10.2 Å². The summed E-state index contributed by atoms with van der Waals surface area (Å²) in [5.41, 5.74) is 6.35. The molecule has 0 spiro atoms. The van der Waals surface area contributed by atoms with Gasteiger partial charge < -0.3 is 9.13 Å². The lowest BCUT2D eigenvalue weighted by atomic mass is 10.1. The molecule has 130 valence electrons. The van der Waals surface area contributed by atoms with Crippen LogP contribution in [0.4, 0.5) is 0 Å². The van der Waals surface area contributed by atoms with Gasteiger partial charge in [-0.05, 0) is 57.0 Å². The average Bonchev–Trinajstić information content (AvgIpc) is 3.07. The minimum Gasteiger partial charge on any atom is -0.318 e. The van der Waals surface area contributed by atoms with Gasteiger partial charge in [0.05, 0.1) is 5.75 Å². The molecule has 2 heterocycles. The van der Waals surface area contributed by atoms with E-state index in [9.17, 15) is 4.79 Å². The van der Waals surface area contributed by atoms with Gasteiger partial charge in [-0.25, -0.2) is 0 Å². The van der Waals surface area contributed by atoms with E-state index >= 15 is 0 Å². The number of nitrogens with zero attached hydrogens (tertiary/aromatic N) is 4. The SMILES string of the molecule is Cc1cc(C)cc(-n2c(C)cc(C(=O)CSc3nncn3C)c2C)c1. The quantitative estimate of drug-likeness (QED) is 0.516.